The van der Waals surface area contributed by atoms with Crippen molar-refractivity contribution in [1.82, 2.24) is 0 Å². The normalized spacial score (nSPS) is 37.3. The Morgan fingerprint density at radius 2 is 1.63 bits per heavy atom. The fourth-order valence-electron chi connectivity index (χ4n) is 2.68. The second-order valence-electron chi connectivity index (χ2n) is 5.52. The number of rotatable bonds is 7. The molecule has 0 bridgehead atoms. The Labute approximate surface area is 115 Å². The summed E-state index contributed by atoms with van der Waals surface area (Å²) in [5.41, 5.74) is 0. The molecule has 1 rings (SSSR count). The van der Waals surface area contributed by atoms with Crippen molar-refractivity contribution >= 4 is 0 Å². The summed E-state index contributed by atoms with van der Waals surface area (Å²) >= 11 is 0. The summed E-state index contributed by atoms with van der Waals surface area (Å²) in [6.07, 6.45) is 0.0836. The van der Waals surface area contributed by atoms with Crippen LogP contribution in [0.3, 0.4) is 0 Å². The molecule has 0 aromatic heterocycles. The lowest BCUT2D eigenvalue weighted by molar-refractivity contribution is -0.232. The summed E-state index contributed by atoms with van der Waals surface area (Å²) in [6, 6.07) is 0. The van der Waals surface area contributed by atoms with Crippen molar-refractivity contribution in [1.29, 1.82) is 0 Å². The monoisotopic (exact) mass is 276 g/mol. The minimum Gasteiger partial charge on any atom is -0.394 e. The van der Waals surface area contributed by atoms with Crippen LogP contribution >= 0.6 is 0 Å². The summed E-state index contributed by atoms with van der Waals surface area (Å²) in [7, 11) is 0. The highest BCUT2D eigenvalue weighted by molar-refractivity contribution is 4.92. The van der Waals surface area contributed by atoms with Crippen molar-refractivity contribution in [3.05, 3.63) is 0 Å². The van der Waals surface area contributed by atoms with Crippen molar-refractivity contribution in [2.24, 2.45) is 5.92 Å². The number of ether oxygens (including phenoxy) is 1. The Morgan fingerprint density at radius 1 is 1.00 bits per heavy atom. The van der Waals surface area contributed by atoms with E-state index in [0.29, 0.717) is 12.3 Å². The van der Waals surface area contributed by atoms with Gasteiger partial charge in [0.25, 0.3) is 0 Å². The molecule has 0 amide bonds. The Morgan fingerprint density at radius 3 is 2.16 bits per heavy atom. The smallest absolute Gasteiger partial charge is 0.111 e. The highest BCUT2D eigenvalue weighted by Gasteiger charge is 2.43. The molecule has 1 fully saturated rings. The molecular formula is C14H28O5. The molecular weight excluding hydrogens is 248 g/mol. The van der Waals surface area contributed by atoms with Gasteiger partial charge in [-0.25, -0.2) is 0 Å². The third-order valence-corrected chi connectivity index (χ3v) is 4.10. The minimum atomic E-state index is -1.25. The molecule has 5 heteroatoms. The molecule has 2 unspecified atom stereocenters. The molecule has 1 aliphatic rings. The largest absolute Gasteiger partial charge is 0.394 e. The topological polar surface area (TPSA) is 90.2 Å². The fraction of sp³-hybridized carbons (Fsp3) is 1.00. The van der Waals surface area contributed by atoms with E-state index in [-0.39, 0.29) is 6.61 Å². The van der Waals surface area contributed by atoms with E-state index < -0.39 is 30.5 Å². The Balaban J connectivity index is 2.59. The molecule has 4 N–H and O–H groups in total. The van der Waals surface area contributed by atoms with Crippen LogP contribution in [0.1, 0.15) is 46.0 Å². The van der Waals surface area contributed by atoms with Gasteiger partial charge in [-0.15, -0.1) is 0 Å². The Kier molecular flexibility index (Phi) is 7.25. The van der Waals surface area contributed by atoms with Crippen LogP contribution in [0.25, 0.3) is 0 Å². The van der Waals surface area contributed by atoms with E-state index in [1.807, 2.05) is 0 Å². The molecule has 1 aliphatic heterocycles. The van der Waals surface area contributed by atoms with Gasteiger partial charge in [0.15, 0.2) is 0 Å². The van der Waals surface area contributed by atoms with Crippen molar-refractivity contribution in [2.45, 2.75) is 76.5 Å². The third-order valence-electron chi connectivity index (χ3n) is 4.10. The predicted octanol–water partition coefficient (Wildman–Crippen LogP) is 0.435. The first-order valence-electron chi connectivity index (χ1n) is 7.35. The average Bonchev–Trinajstić information content (AvgIpc) is 2.43. The maximum atomic E-state index is 9.97. The summed E-state index contributed by atoms with van der Waals surface area (Å²) in [5, 5.41) is 38.6. The predicted molar refractivity (Wildman–Crippen MR) is 71.7 cm³/mol. The van der Waals surface area contributed by atoms with Gasteiger partial charge in [0.1, 0.15) is 24.4 Å². The number of hydrogen-bond acceptors (Lipinski definition) is 5. The van der Waals surface area contributed by atoms with Gasteiger partial charge in [-0.2, -0.15) is 0 Å². The highest BCUT2D eigenvalue weighted by Crippen LogP contribution is 2.28. The quantitative estimate of drug-likeness (QED) is 0.541. The van der Waals surface area contributed by atoms with E-state index in [1.54, 1.807) is 0 Å². The van der Waals surface area contributed by atoms with E-state index >= 15 is 0 Å². The molecule has 1 heterocycles. The molecule has 0 aromatic carbocycles. The summed E-state index contributed by atoms with van der Waals surface area (Å²) < 4.78 is 5.53. The first-order chi connectivity index (χ1) is 9.04. The van der Waals surface area contributed by atoms with Crippen LogP contribution in [0.2, 0.25) is 0 Å². The first-order valence-corrected chi connectivity index (χ1v) is 7.35. The Bertz CT molecular complexity index is 246. The van der Waals surface area contributed by atoms with Crippen LogP contribution in [0, 0.1) is 5.92 Å². The van der Waals surface area contributed by atoms with E-state index in [0.717, 1.165) is 25.7 Å². The standard InChI is InChI=1S/C14H28O5/c1-3-5-6-9(4-2)7-10-12(16)14(18)13(17)11(8-15)19-10/h9-18H,3-8H2,1-2H3/t9?,10?,11-,12+,13+,14-/m1/s1. The Hall–Kier alpha value is -0.200. The molecule has 0 spiro atoms. The van der Waals surface area contributed by atoms with Gasteiger partial charge in [-0.05, 0) is 12.3 Å². The second kappa shape index (κ2) is 8.17. The molecule has 0 saturated carbocycles. The molecule has 114 valence electrons. The van der Waals surface area contributed by atoms with E-state index in [1.165, 1.54) is 0 Å². The van der Waals surface area contributed by atoms with Gasteiger partial charge in [-0.3, -0.25) is 0 Å². The number of aliphatic hydroxyl groups excluding tert-OH is 4. The molecule has 1 saturated heterocycles. The zero-order chi connectivity index (χ0) is 14.4. The first kappa shape index (κ1) is 16.9. The zero-order valence-electron chi connectivity index (χ0n) is 11.9. The molecule has 0 aromatic rings. The van der Waals surface area contributed by atoms with Crippen molar-refractivity contribution in [3.8, 4) is 0 Å². The lowest BCUT2D eigenvalue weighted by Gasteiger charge is -2.41. The molecule has 5 nitrogen and oxygen atoms in total. The van der Waals surface area contributed by atoms with E-state index in [2.05, 4.69) is 13.8 Å². The minimum absolute atomic E-state index is 0.354. The number of unbranched alkanes of at least 4 members (excludes halogenated alkanes) is 1. The summed E-state index contributed by atoms with van der Waals surface area (Å²) in [6.45, 7) is 3.89. The van der Waals surface area contributed by atoms with Gasteiger partial charge in [-0.1, -0.05) is 39.5 Å². The van der Waals surface area contributed by atoms with Crippen molar-refractivity contribution in [3.63, 3.8) is 0 Å². The van der Waals surface area contributed by atoms with Crippen LogP contribution in [0.5, 0.6) is 0 Å². The molecule has 0 radical (unpaired) electrons. The zero-order valence-corrected chi connectivity index (χ0v) is 11.9. The van der Waals surface area contributed by atoms with E-state index in [4.69, 9.17) is 9.84 Å². The lowest BCUT2D eigenvalue weighted by atomic mass is 9.86. The number of hydrogen-bond donors (Lipinski definition) is 4. The summed E-state index contributed by atoms with van der Waals surface area (Å²) in [4.78, 5) is 0. The van der Waals surface area contributed by atoms with Crippen LogP contribution in [-0.4, -0.2) is 57.6 Å². The van der Waals surface area contributed by atoms with Crippen molar-refractivity contribution < 1.29 is 25.2 Å². The van der Waals surface area contributed by atoms with Crippen LogP contribution < -0.4 is 0 Å². The van der Waals surface area contributed by atoms with E-state index in [9.17, 15) is 15.3 Å². The van der Waals surface area contributed by atoms with Gasteiger partial charge in [0, 0.05) is 0 Å². The van der Waals surface area contributed by atoms with Gasteiger partial charge in [0.2, 0.25) is 0 Å². The van der Waals surface area contributed by atoms with Crippen LogP contribution in [-0.2, 0) is 4.74 Å². The maximum Gasteiger partial charge on any atom is 0.111 e. The maximum absolute atomic E-state index is 9.97. The second-order valence-corrected chi connectivity index (χ2v) is 5.52. The van der Waals surface area contributed by atoms with Crippen LogP contribution in [0.15, 0.2) is 0 Å². The SMILES string of the molecule is CCCCC(CC)CC1O[C@H](CO)[C@H](O)[C@H](O)[C@H]1O. The third kappa shape index (κ3) is 4.39. The fourth-order valence-corrected chi connectivity index (χ4v) is 2.68. The molecule has 0 aliphatic carbocycles. The summed E-state index contributed by atoms with van der Waals surface area (Å²) in [5.74, 6) is 0.432. The van der Waals surface area contributed by atoms with Crippen LogP contribution in [0.4, 0.5) is 0 Å². The van der Waals surface area contributed by atoms with Gasteiger partial charge in [0.05, 0.1) is 12.7 Å². The average molecular weight is 276 g/mol. The lowest BCUT2D eigenvalue weighted by Crippen LogP contribution is -2.58. The van der Waals surface area contributed by atoms with Gasteiger partial charge >= 0.3 is 0 Å². The molecule has 6 atom stereocenters. The van der Waals surface area contributed by atoms with Crippen molar-refractivity contribution in [2.75, 3.05) is 6.61 Å². The molecule has 19 heavy (non-hydrogen) atoms. The van der Waals surface area contributed by atoms with Gasteiger partial charge < -0.3 is 25.2 Å². The number of aliphatic hydroxyl groups is 4. The highest BCUT2D eigenvalue weighted by atomic mass is 16.5.